The number of hydrogen-bond donors (Lipinski definition) is 1. The molecule has 8 heteroatoms. The third-order valence-corrected chi connectivity index (χ3v) is 3.58. The first-order chi connectivity index (χ1) is 9.54. The molecule has 0 aliphatic carbocycles. The predicted octanol–water partition coefficient (Wildman–Crippen LogP) is 3.49. The molecule has 20 heavy (non-hydrogen) atoms. The van der Waals surface area contributed by atoms with E-state index in [0.717, 1.165) is 11.3 Å². The van der Waals surface area contributed by atoms with E-state index in [1.54, 1.807) is 0 Å². The molecule has 0 amide bonds. The van der Waals surface area contributed by atoms with E-state index in [0.29, 0.717) is 24.6 Å². The fourth-order valence-corrected chi connectivity index (χ4v) is 2.68. The van der Waals surface area contributed by atoms with E-state index >= 15 is 0 Å². The summed E-state index contributed by atoms with van der Waals surface area (Å²) < 4.78 is 46.2. The Balaban J connectivity index is 1.81. The van der Waals surface area contributed by atoms with Crippen LogP contribution in [0, 0.1) is 0 Å². The number of alkyl halides is 3. The molecule has 3 rings (SSSR count). The van der Waals surface area contributed by atoms with Gasteiger partial charge in [0.15, 0.2) is 0 Å². The number of hydrogen-bond acceptors (Lipinski definition) is 5. The number of halogens is 3. The topological polar surface area (TPSA) is 47.0 Å². The molecule has 1 aliphatic rings. The first-order valence-corrected chi connectivity index (χ1v) is 6.70. The van der Waals surface area contributed by atoms with E-state index in [2.05, 4.69) is 14.7 Å². The van der Waals surface area contributed by atoms with E-state index < -0.39 is 12.0 Å². The Morgan fingerprint density at radius 1 is 1.30 bits per heavy atom. The van der Waals surface area contributed by atoms with Gasteiger partial charge in [-0.3, -0.25) is 0 Å². The highest BCUT2D eigenvalue weighted by Gasteiger charge is 2.36. The standard InChI is InChI=1S/C12H10F3N3OS/c13-12(14,15)10-17-11(20-18-10)16-8-5-6-19-9-4-2-1-3-7(8)9/h1-4,8H,5-6H2,(H,16,17,18). The summed E-state index contributed by atoms with van der Waals surface area (Å²) in [6, 6.07) is 7.33. The van der Waals surface area contributed by atoms with Crippen LogP contribution in [0.3, 0.4) is 0 Å². The average molecular weight is 301 g/mol. The van der Waals surface area contributed by atoms with Crippen LogP contribution in [0.4, 0.5) is 18.3 Å². The first-order valence-electron chi connectivity index (χ1n) is 5.93. The minimum absolute atomic E-state index is 0.117. The van der Waals surface area contributed by atoms with Gasteiger partial charge in [-0.1, -0.05) is 18.2 Å². The number of nitrogens with zero attached hydrogens (tertiary/aromatic N) is 2. The normalized spacial score (nSPS) is 18.2. The van der Waals surface area contributed by atoms with Crippen LogP contribution < -0.4 is 10.1 Å². The molecule has 1 atom stereocenters. The molecular formula is C12H10F3N3OS. The quantitative estimate of drug-likeness (QED) is 0.922. The fraction of sp³-hybridized carbons (Fsp3) is 0.333. The highest BCUT2D eigenvalue weighted by molar-refractivity contribution is 7.09. The number of rotatable bonds is 2. The highest BCUT2D eigenvalue weighted by atomic mass is 32.1. The van der Waals surface area contributed by atoms with Crippen LogP contribution in [-0.4, -0.2) is 16.0 Å². The minimum atomic E-state index is -4.51. The molecule has 1 unspecified atom stereocenters. The summed E-state index contributed by atoms with van der Waals surface area (Å²) in [5.74, 6) is -0.359. The molecule has 4 nitrogen and oxygen atoms in total. The number of nitrogens with one attached hydrogen (secondary N) is 1. The average Bonchev–Trinajstić information content (AvgIpc) is 2.88. The Morgan fingerprint density at radius 3 is 2.85 bits per heavy atom. The summed E-state index contributed by atoms with van der Waals surface area (Å²) in [6.45, 7) is 0.514. The Bertz CT molecular complexity index is 614. The van der Waals surface area contributed by atoms with Crippen molar-refractivity contribution in [1.82, 2.24) is 9.36 Å². The van der Waals surface area contributed by atoms with Crippen molar-refractivity contribution < 1.29 is 17.9 Å². The molecule has 106 valence electrons. The van der Waals surface area contributed by atoms with Crippen LogP contribution in [0.25, 0.3) is 0 Å². The maximum atomic E-state index is 12.5. The molecule has 2 heterocycles. The monoisotopic (exact) mass is 301 g/mol. The number of anilines is 1. The molecule has 0 saturated heterocycles. The van der Waals surface area contributed by atoms with Gasteiger partial charge in [-0.05, 0) is 6.07 Å². The van der Waals surface area contributed by atoms with E-state index in [9.17, 15) is 13.2 Å². The smallest absolute Gasteiger partial charge is 0.452 e. The second-order valence-electron chi connectivity index (χ2n) is 4.29. The zero-order valence-corrected chi connectivity index (χ0v) is 11.0. The van der Waals surface area contributed by atoms with E-state index in [4.69, 9.17) is 4.74 Å². The van der Waals surface area contributed by atoms with Gasteiger partial charge in [0, 0.05) is 23.5 Å². The molecular weight excluding hydrogens is 291 g/mol. The number of fused-ring (bicyclic) bond motifs is 1. The molecule has 0 radical (unpaired) electrons. The molecule has 0 fully saturated rings. The Hall–Kier alpha value is -1.83. The second-order valence-corrected chi connectivity index (χ2v) is 5.04. The lowest BCUT2D eigenvalue weighted by molar-refractivity contribution is -0.144. The molecule has 0 spiro atoms. The third kappa shape index (κ3) is 2.55. The van der Waals surface area contributed by atoms with Crippen molar-refractivity contribution in [2.45, 2.75) is 18.6 Å². The van der Waals surface area contributed by atoms with Crippen LogP contribution >= 0.6 is 11.5 Å². The number of ether oxygens (including phenoxy) is 1. The van der Waals surface area contributed by atoms with Crippen molar-refractivity contribution >= 4 is 16.7 Å². The Kier molecular flexibility index (Phi) is 3.25. The van der Waals surface area contributed by atoms with Gasteiger partial charge in [-0.2, -0.15) is 22.5 Å². The lowest BCUT2D eigenvalue weighted by Crippen LogP contribution is -2.20. The van der Waals surface area contributed by atoms with Gasteiger partial charge in [0.2, 0.25) is 11.0 Å². The second kappa shape index (κ2) is 4.93. The van der Waals surface area contributed by atoms with Gasteiger partial charge in [0.25, 0.3) is 0 Å². The molecule has 1 aromatic carbocycles. The molecule has 0 bridgehead atoms. The molecule has 1 aliphatic heterocycles. The van der Waals surface area contributed by atoms with E-state index in [1.165, 1.54) is 0 Å². The van der Waals surface area contributed by atoms with Gasteiger partial charge < -0.3 is 10.1 Å². The van der Waals surface area contributed by atoms with Crippen molar-refractivity contribution in [3.8, 4) is 5.75 Å². The number of aromatic nitrogens is 2. The van der Waals surface area contributed by atoms with Gasteiger partial charge in [0.1, 0.15) is 5.75 Å². The first kappa shape index (κ1) is 13.2. The van der Waals surface area contributed by atoms with Crippen molar-refractivity contribution in [3.63, 3.8) is 0 Å². The van der Waals surface area contributed by atoms with Gasteiger partial charge in [-0.15, -0.1) is 0 Å². The lowest BCUT2D eigenvalue weighted by atomic mass is 10.0. The van der Waals surface area contributed by atoms with Gasteiger partial charge >= 0.3 is 6.18 Å². The summed E-state index contributed by atoms with van der Waals surface area (Å²) in [4.78, 5) is 3.48. The van der Waals surface area contributed by atoms with E-state index in [1.807, 2.05) is 24.3 Å². The summed E-state index contributed by atoms with van der Waals surface area (Å²) in [5, 5.41) is 3.16. The zero-order chi connectivity index (χ0) is 14.2. The van der Waals surface area contributed by atoms with Gasteiger partial charge in [-0.25, -0.2) is 0 Å². The van der Waals surface area contributed by atoms with Crippen LogP contribution in [-0.2, 0) is 6.18 Å². The summed E-state index contributed by atoms with van der Waals surface area (Å²) >= 11 is 0.712. The zero-order valence-electron chi connectivity index (χ0n) is 10.1. The fourth-order valence-electron chi connectivity index (χ4n) is 2.04. The number of benzene rings is 1. The van der Waals surface area contributed by atoms with Crippen LogP contribution in [0.2, 0.25) is 0 Å². The van der Waals surface area contributed by atoms with E-state index in [-0.39, 0.29) is 11.2 Å². The lowest BCUT2D eigenvalue weighted by Gasteiger charge is -2.26. The van der Waals surface area contributed by atoms with Gasteiger partial charge in [0.05, 0.1) is 12.6 Å². The highest BCUT2D eigenvalue weighted by Crippen LogP contribution is 2.35. The largest absolute Gasteiger partial charge is 0.493 e. The number of para-hydroxylation sites is 1. The predicted molar refractivity (Wildman–Crippen MR) is 67.8 cm³/mol. The van der Waals surface area contributed by atoms with Crippen molar-refractivity contribution in [3.05, 3.63) is 35.7 Å². The summed E-state index contributed by atoms with van der Waals surface area (Å²) in [7, 11) is 0. The van der Waals surface area contributed by atoms with Crippen LogP contribution in [0.5, 0.6) is 5.75 Å². The molecule has 0 saturated carbocycles. The molecule has 2 aromatic rings. The Morgan fingerprint density at radius 2 is 2.10 bits per heavy atom. The maximum absolute atomic E-state index is 12.5. The van der Waals surface area contributed by atoms with Crippen LogP contribution in [0.1, 0.15) is 23.9 Å². The molecule has 1 aromatic heterocycles. The summed E-state index contributed by atoms with van der Waals surface area (Å²) in [5.41, 5.74) is 0.919. The third-order valence-electron chi connectivity index (χ3n) is 2.94. The molecule has 1 N–H and O–H groups in total. The van der Waals surface area contributed by atoms with Crippen molar-refractivity contribution in [2.24, 2.45) is 0 Å². The maximum Gasteiger partial charge on any atom is 0.452 e. The van der Waals surface area contributed by atoms with Crippen molar-refractivity contribution in [2.75, 3.05) is 11.9 Å². The SMILES string of the molecule is FC(F)(F)c1nsc(NC2CCOc3ccccc32)n1. The minimum Gasteiger partial charge on any atom is -0.493 e. The van der Waals surface area contributed by atoms with Crippen molar-refractivity contribution in [1.29, 1.82) is 0 Å². The Labute approximate surface area is 116 Å². The van der Waals surface area contributed by atoms with Crippen LogP contribution in [0.15, 0.2) is 24.3 Å². The summed E-state index contributed by atoms with van der Waals surface area (Å²) in [6.07, 6.45) is -3.85.